The van der Waals surface area contributed by atoms with E-state index in [-0.39, 0.29) is 47.3 Å². The summed E-state index contributed by atoms with van der Waals surface area (Å²) < 4.78 is 47.4. The molecule has 0 spiro atoms. The van der Waals surface area contributed by atoms with Gasteiger partial charge in [0.05, 0.1) is 9.79 Å². The fraction of sp³-hybridized carbons (Fsp3) is 0.194. The number of aryl methyl sites for hydroxylation is 3. The van der Waals surface area contributed by atoms with E-state index in [1.54, 1.807) is 12.1 Å². The minimum Gasteiger partial charge on any atom is -0.490 e. The number of hydrogen-bond donors (Lipinski definition) is 0. The molecule has 0 bridgehead atoms. The molecule has 0 aliphatic carbocycles. The van der Waals surface area contributed by atoms with E-state index in [1.807, 2.05) is 43.3 Å². The van der Waals surface area contributed by atoms with Crippen LogP contribution in [-0.2, 0) is 41.8 Å². The van der Waals surface area contributed by atoms with Crippen LogP contribution in [0.5, 0.6) is 17.2 Å². The minimum absolute atomic E-state index is 0.0244. The van der Waals surface area contributed by atoms with Crippen molar-refractivity contribution in [1.82, 2.24) is 0 Å². The van der Waals surface area contributed by atoms with E-state index < -0.39 is 27.7 Å². The van der Waals surface area contributed by atoms with Crippen molar-refractivity contribution in [1.29, 1.82) is 0 Å². The van der Waals surface area contributed by atoms with Crippen LogP contribution in [0, 0.1) is 6.92 Å². The summed E-state index contributed by atoms with van der Waals surface area (Å²) >= 11 is 0. The van der Waals surface area contributed by atoms with Gasteiger partial charge in [0, 0.05) is 18.9 Å². The predicted octanol–water partition coefficient (Wildman–Crippen LogP) is 6.01. The minimum atomic E-state index is -3.86. The first kappa shape index (κ1) is 33.7. The number of carbonyl (C=O) groups is 3. The van der Waals surface area contributed by atoms with Gasteiger partial charge in [0.1, 0.15) is 30.5 Å². The molecule has 0 radical (unpaired) electrons. The highest BCUT2D eigenvalue weighted by Gasteiger charge is 2.19. The Bertz CT molecular complexity index is 1740. The Kier molecular flexibility index (Phi) is 11.9. The van der Waals surface area contributed by atoms with Gasteiger partial charge in [-0.3, -0.25) is 9.59 Å². The van der Waals surface area contributed by atoms with Crippen LogP contribution in [0.3, 0.4) is 0 Å². The summed E-state index contributed by atoms with van der Waals surface area (Å²) in [7, 11) is -3.86. The van der Waals surface area contributed by atoms with E-state index in [9.17, 15) is 22.8 Å². The Labute approximate surface area is 268 Å². The third-order valence-corrected chi connectivity index (χ3v) is 8.56. The molecule has 0 atom stereocenters. The van der Waals surface area contributed by atoms with Gasteiger partial charge in [-0.05, 0) is 91.6 Å². The Morgan fingerprint density at radius 2 is 1.07 bits per heavy atom. The van der Waals surface area contributed by atoms with Gasteiger partial charge in [0.15, 0.2) is 0 Å². The molecule has 0 fully saturated rings. The summed E-state index contributed by atoms with van der Waals surface area (Å²) in [6.45, 7) is 5.62. The van der Waals surface area contributed by atoms with Crippen molar-refractivity contribution in [2.45, 2.75) is 42.4 Å². The van der Waals surface area contributed by atoms with E-state index >= 15 is 0 Å². The first-order chi connectivity index (χ1) is 22.1. The van der Waals surface area contributed by atoms with E-state index in [2.05, 4.69) is 6.58 Å². The Balaban J connectivity index is 1.22. The van der Waals surface area contributed by atoms with Gasteiger partial charge in [-0.2, -0.15) is 0 Å². The van der Waals surface area contributed by atoms with Crippen molar-refractivity contribution >= 4 is 27.7 Å². The molecule has 0 saturated carbocycles. The van der Waals surface area contributed by atoms with Crippen molar-refractivity contribution in [3.05, 3.63) is 126 Å². The molecule has 4 aromatic rings. The second kappa shape index (κ2) is 16.2. The van der Waals surface area contributed by atoms with Gasteiger partial charge < -0.3 is 18.9 Å². The summed E-state index contributed by atoms with van der Waals surface area (Å²) in [5, 5.41) is 0. The normalized spacial score (nSPS) is 10.9. The largest absolute Gasteiger partial charge is 0.490 e. The standard InChI is InChI=1S/C36H34O9S/c1-3-34(37)43-25-24-42-29-12-8-28(9-13-29)11-23-36(39)45-31-16-20-33(21-17-31)46(40,41)32-18-14-30(15-19-32)44-35(38)22-10-27-6-4-26(2)5-7-27/h3-9,12-21H,1,10-11,22-25H2,2H3. The zero-order valence-electron chi connectivity index (χ0n) is 25.3. The van der Waals surface area contributed by atoms with E-state index in [0.717, 1.165) is 22.8 Å². The lowest BCUT2D eigenvalue weighted by atomic mass is 10.1. The predicted molar refractivity (Wildman–Crippen MR) is 171 cm³/mol. The average molecular weight is 643 g/mol. The van der Waals surface area contributed by atoms with Gasteiger partial charge in [-0.1, -0.05) is 48.5 Å². The summed E-state index contributed by atoms with van der Waals surface area (Å²) in [6, 6.07) is 26.3. The van der Waals surface area contributed by atoms with Crippen LogP contribution in [0.25, 0.3) is 0 Å². The van der Waals surface area contributed by atoms with Crippen LogP contribution >= 0.6 is 0 Å². The summed E-state index contributed by atoms with van der Waals surface area (Å²) in [5.41, 5.74) is 3.07. The maximum Gasteiger partial charge on any atom is 0.330 e. The van der Waals surface area contributed by atoms with Crippen LogP contribution in [0.1, 0.15) is 29.5 Å². The van der Waals surface area contributed by atoms with Crippen LogP contribution in [0.2, 0.25) is 0 Å². The van der Waals surface area contributed by atoms with Crippen molar-refractivity contribution in [2.75, 3.05) is 13.2 Å². The highest BCUT2D eigenvalue weighted by Crippen LogP contribution is 2.25. The molecule has 9 nitrogen and oxygen atoms in total. The fourth-order valence-electron chi connectivity index (χ4n) is 4.24. The number of rotatable bonds is 15. The lowest BCUT2D eigenvalue weighted by molar-refractivity contribution is -0.138. The molecule has 4 aromatic carbocycles. The highest BCUT2D eigenvalue weighted by atomic mass is 32.2. The van der Waals surface area contributed by atoms with Gasteiger partial charge in [-0.15, -0.1) is 0 Å². The molecule has 0 heterocycles. The number of sulfone groups is 1. The number of hydrogen-bond acceptors (Lipinski definition) is 9. The fourth-order valence-corrected chi connectivity index (χ4v) is 5.50. The van der Waals surface area contributed by atoms with E-state index in [0.29, 0.717) is 18.6 Å². The second-order valence-electron chi connectivity index (χ2n) is 10.2. The molecule has 0 unspecified atom stereocenters. The monoisotopic (exact) mass is 642 g/mol. The molecular weight excluding hydrogens is 608 g/mol. The third-order valence-electron chi connectivity index (χ3n) is 6.77. The maximum atomic E-state index is 13.1. The summed E-state index contributed by atoms with van der Waals surface area (Å²) in [4.78, 5) is 35.7. The first-order valence-electron chi connectivity index (χ1n) is 14.6. The van der Waals surface area contributed by atoms with Gasteiger partial charge in [0.2, 0.25) is 9.84 Å². The molecule has 0 amide bonds. The van der Waals surface area contributed by atoms with Gasteiger partial charge >= 0.3 is 17.9 Å². The van der Waals surface area contributed by atoms with Crippen LogP contribution in [0.15, 0.2) is 120 Å². The van der Waals surface area contributed by atoms with Crippen molar-refractivity contribution < 1.29 is 41.7 Å². The first-order valence-corrected chi connectivity index (χ1v) is 16.0. The van der Waals surface area contributed by atoms with Gasteiger partial charge in [0.25, 0.3) is 0 Å². The second-order valence-corrected chi connectivity index (χ2v) is 12.2. The van der Waals surface area contributed by atoms with Crippen molar-refractivity contribution in [3.63, 3.8) is 0 Å². The summed E-state index contributed by atoms with van der Waals surface area (Å²) in [5.74, 6) is -0.323. The molecule has 46 heavy (non-hydrogen) atoms. The Hall–Kier alpha value is -5.22. The SMILES string of the molecule is C=CC(=O)OCCOc1ccc(CCC(=O)Oc2ccc(S(=O)(=O)c3ccc(OC(=O)CCc4ccc(C)cc4)cc3)cc2)cc1. The van der Waals surface area contributed by atoms with Crippen LogP contribution in [-0.4, -0.2) is 39.5 Å². The topological polar surface area (TPSA) is 122 Å². The number of benzene rings is 4. The van der Waals surface area contributed by atoms with Crippen molar-refractivity contribution in [2.24, 2.45) is 0 Å². The number of carbonyl (C=O) groups excluding carboxylic acids is 3. The average Bonchev–Trinajstić information content (AvgIpc) is 3.06. The molecule has 0 aliphatic heterocycles. The lowest BCUT2D eigenvalue weighted by Gasteiger charge is -2.09. The molecule has 238 valence electrons. The van der Waals surface area contributed by atoms with E-state index in [4.69, 9.17) is 18.9 Å². The number of esters is 3. The molecular formula is C36H34O9S. The Morgan fingerprint density at radius 3 is 1.52 bits per heavy atom. The highest BCUT2D eigenvalue weighted by molar-refractivity contribution is 7.91. The molecule has 10 heteroatoms. The molecule has 0 saturated heterocycles. The quantitative estimate of drug-likeness (QED) is 0.0664. The Morgan fingerprint density at radius 1 is 0.630 bits per heavy atom. The van der Waals surface area contributed by atoms with Crippen LogP contribution < -0.4 is 14.2 Å². The van der Waals surface area contributed by atoms with Crippen LogP contribution in [0.4, 0.5) is 0 Å². The maximum absolute atomic E-state index is 13.1. The van der Waals surface area contributed by atoms with E-state index in [1.165, 1.54) is 48.5 Å². The van der Waals surface area contributed by atoms with Crippen molar-refractivity contribution in [3.8, 4) is 17.2 Å². The molecule has 0 aliphatic rings. The smallest absolute Gasteiger partial charge is 0.330 e. The number of ether oxygens (including phenoxy) is 4. The zero-order chi connectivity index (χ0) is 32.9. The molecule has 0 aromatic heterocycles. The molecule has 4 rings (SSSR count). The van der Waals surface area contributed by atoms with Gasteiger partial charge in [-0.25, -0.2) is 13.2 Å². The zero-order valence-corrected chi connectivity index (χ0v) is 26.2. The summed E-state index contributed by atoms with van der Waals surface area (Å²) in [6.07, 6.45) is 2.36. The molecule has 0 N–H and O–H groups in total. The lowest BCUT2D eigenvalue weighted by Crippen LogP contribution is -2.10. The third kappa shape index (κ3) is 10.2.